The van der Waals surface area contributed by atoms with Crippen LogP contribution in [0.2, 0.25) is 0 Å². The third kappa shape index (κ3) is 3.46. The number of hydrogen-bond donors (Lipinski definition) is 0. The molecule has 3 heterocycles. The summed E-state index contributed by atoms with van der Waals surface area (Å²) in [5, 5.41) is 0. The molecule has 2 aliphatic heterocycles. The summed E-state index contributed by atoms with van der Waals surface area (Å²) in [6, 6.07) is 19.5. The molecule has 0 aliphatic carbocycles. The van der Waals surface area contributed by atoms with Crippen molar-refractivity contribution in [2.75, 3.05) is 37.6 Å². The highest BCUT2D eigenvalue weighted by Gasteiger charge is 2.25. The van der Waals surface area contributed by atoms with Crippen molar-refractivity contribution in [2.24, 2.45) is 5.92 Å². The van der Waals surface area contributed by atoms with E-state index in [1.807, 2.05) is 0 Å². The summed E-state index contributed by atoms with van der Waals surface area (Å²) < 4.78 is 2.38. The van der Waals surface area contributed by atoms with E-state index in [-0.39, 0.29) is 0 Å². The standard InChI is InChI=1S/C23H28N4/c1-2-6-19(7-3-1)18-20-10-12-25(13-11-20)14-15-26-16-17-27-22-9-5-4-8-21(22)24-23(26)27/h1-9,20H,10-18H2. The maximum absolute atomic E-state index is 4.87. The predicted molar refractivity (Wildman–Crippen MR) is 111 cm³/mol. The number of likely N-dealkylation sites (tertiary alicyclic amines) is 1. The lowest BCUT2D eigenvalue weighted by atomic mass is 9.90. The van der Waals surface area contributed by atoms with Gasteiger partial charge in [-0.1, -0.05) is 42.5 Å². The minimum absolute atomic E-state index is 0.847. The first-order valence-electron chi connectivity index (χ1n) is 10.3. The van der Waals surface area contributed by atoms with Crippen LogP contribution in [0.25, 0.3) is 11.0 Å². The number of benzene rings is 2. The molecule has 140 valence electrons. The van der Waals surface area contributed by atoms with Gasteiger partial charge in [-0.3, -0.25) is 0 Å². The Morgan fingerprint density at radius 2 is 1.59 bits per heavy atom. The van der Waals surface area contributed by atoms with Crippen LogP contribution in [0.4, 0.5) is 5.95 Å². The molecule has 0 atom stereocenters. The Bertz CT molecular complexity index is 893. The second kappa shape index (κ2) is 7.35. The maximum atomic E-state index is 4.87. The summed E-state index contributed by atoms with van der Waals surface area (Å²) in [6.45, 7) is 6.88. The van der Waals surface area contributed by atoms with Crippen LogP contribution in [0, 0.1) is 5.92 Å². The number of rotatable bonds is 5. The Labute approximate surface area is 161 Å². The molecule has 0 radical (unpaired) electrons. The van der Waals surface area contributed by atoms with Gasteiger partial charge in [0.15, 0.2) is 0 Å². The highest BCUT2D eigenvalue weighted by molar-refractivity contribution is 5.79. The second-order valence-electron chi connectivity index (χ2n) is 8.01. The smallest absolute Gasteiger partial charge is 0.206 e. The molecule has 1 saturated heterocycles. The minimum Gasteiger partial charge on any atom is -0.339 e. The van der Waals surface area contributed by atoms with Gasteiger partial charge < -0.3 is 14.4 Å². The van der Waals surface area contributed by atoms with E-state index in [2.05, 4.69) is 69.0 Å². The quantitative estimate of drug-likeness (QED) is 0.691. The molecule has 2 aliphatic rings. The van der Waals surface area contributed by atoms with Crippen molar-refractivity contribution in [1.29, 1.82) is 0 Å². The third-order valence-corrected chi connectivity index (χ3v) is 6.27. The zero-order chi connectivity index (χ0) is 18.1. The maximum Gasteiger partial charge on any atom is 0.206 e. The first-order chi connectivity index (χ1) is 13.4. The number of aromatic nitrogens is 2. The molecule has 0 bridgehead atoms. The molecule has 1 aromatic heterocycles. The lowest BCUT2D eigenvalue weighted by Gasteiger charge is -2.33. The van der Waals surface area contributed by atoms with Crippen LogP contribution >= 0.6 is 0 Å². The van der Waals surface area contributed by atoms with Crippen molar-refractivity contribution in [3.05, 3.63) is 60.2 Å². The fourth-order valence-corrected chi connectivity index (χ4v) is 4.68. The number of para-hydroxylation sites is 2. The molecule has 0 amide bonds. The van der Waals surface area contributed by atoms with Crippen molar-refractivity contribution in [3.63, 3.8) is 0 Å². The van der Waals surface area contributed by atoms with Crippen LogP contribution in [-0.4, -0.2) is 47.2 Å². The summed E-state index contributed by atoms with van der Waals surface area (Å²) in [5.41, 5.74) is 3.89. The number of hydrogen-bond acceptors (Lipinski definition) is 3. The largest absolute Gasteiger partial charge is 0.339 e. The van der Waals surface area contributed by atoms with Crippen LogP contribution < -0.4 is 4.90 Å². The Hall–Kier alpha value is -2.33. The van der Waals surface area contributed by atoms with Gasteiger partial charge in [0.2, 0.25) is 5.95 Å². The Balaban J connectivity index is 1.14. The molecule has 0 saturated carbocycles. The van der Waals surface area contributed by atoms with Crippen LogP contribution in [0.3, 0.4) is 0 Å². The molecule has 5 rings (SSSR count). The molecular formula is C23H28N4. The average Bonchev–Trinajstić information content (AvgIpc) is 3.28. The lowest BCUT2D eigenvalue weighted by Crippen LogP contribution is -2.39. The van der Waals surface area contributed by atoms with E-state index in [0.29, 0.717) is 0 Å². The van der Waals surface area contributed by atoms with Crippen molar-refractivity contribution < 1.29 is 0 Å². The first kappa shape index (κ1) is 16.8. The number of fused-ring (bicyclic) bond motifs is 3. The third-order valence-electron chi connectivity index (χ3n) is 6.27. The normalized spacial score (nSPS) is 18.3. The zero-order valence-corrected chi connectivity index (χ0v) is 15.9. The molecule has 4 heteroatoms. The van der Waals surface area contributed by atoms with Crippen LogP contribution in [0.15, 0.2) is 54.6 Å². The Morgan fingerprint density at radius 3 is 2.44 bits per heavy atom. The fourth-order valence-electron chi connectivity index (χ4n) is 4.68. The first-order valence-corrected chi connectivity index (χ1v) is 10.3. The Morgan fingerprint density at radius 1 is 0.815 bits per heavy atom. The van der Waals surface area contributed by atoms with E-state index in [9.17, 15) is 0 Å². The molecule has 2 aromatic carbocycles. The number of imidazole rings is 1. The van der Waals surface area contributed by atoms with E-state index in [4.69, 9.17) is 4.98 Å². The van der Waals surface area contributed by atoms with Crippen molar-refractivity contribution in [2.45, 2.75) is 25.8 Å². The predicted octanol–water partition coefficient (Wildman–Crippen LogP) is 3.81. The topological polar surface area (TPSA) is 24.3 Å². The molecule has 0 spiro atoms. The highest BCUT2D eigenvalue weighted by atomic mass is 15.4. The summed E-state index contributed by atoms with van der Waals surface area (Å²) in [7, 11) is 0. The van der Waals surface area contributed by atoms with Gasteiger partial charge in [0.1, 0.15) is 0 Å². The van der Waals surface area contributed by atoms with Crippen molar-refractivity contribution in [3.8, 4) is 0 Å². The zero-order valence-electron chi connectivity index (χ0n) is 15.9. The molecule has 3 aromatic rings. The second-order valence-corrected chi connectivity index (χ2v) is 8.01. The monoisotopic (exact) mass is 360 g/mol. The SMILES string of the molecule is c1ccc(CC2CCN(CCN3CCn4c3nc3ccccc34)CC2)cc1. The van der Waals surface area contributed by atoms with E-state index in [1.165, 1.54) is 43.4 Å². The van der Waals surface area contributed by atoms with Gasteiger partial charge in [0.25, 0.3) is 0 Å². The number of nitrogens with zero attached hydrogens (tertiary/aromatic N) is 4. The van der Waals surface area contributed by atoms with Gasteiger partial charge >= 0.3 is 0 Å². The molecule has 27 heavy (non-hydrogen) atoms. The average molecular weight is 361 g/mol. The number of piperidine rings is 1. The van der Waals surface area contributed by atoms with E-state index in [1.54, 1.807) is 0 Å². The van der Waals surface area contributed by atoms with Crippen LogP contribution in [0.5, 0.6) is 0 Å². The van der Waals surface area contributed by atoms with Crippen molar-refractivity contribution >= 4 is 17.0 Å². The van der Waals surface area contributed by atoms with Crippen molar-refractivity contribution in [1.82, 2.24) is 14.5 Å². The molecule has 4 nitrogen and oxygen atoms in total. The summed E-state index contributed by atoms with van der Waals surface area (Å²) in [6.07, 6.45) is 3.89. The van der Waals surface area contributed by atoms with Gasteiger partial charge in [0.05, 0.1) is 11.0 Å². The molecule has 0 unspecified atom stereocenters. The van der Waals surface area contributed by atoms with Gasteiger partial charge in [-0.05, 0) is 56.0 Å². The lowest BCUT2D eigenvalue weighted by molar-refractivity contribution is 0.187. The summed E-state index contributed by atoms with van der Waals surface area (Å²) in [4.78, 5) is 9.98. The number of anilines is 1. The molecular weight excluding hydrogens is 332 g/mol. The van der Waals surface area contributed by atoms with Crippen LogP contribution in [0.1, 0.15) is 18.4 Å². The van der Waals surface area contributed by atoms with Gasteiger partial charge in [-0.15, -0.1) is 0 Å². The molecule has 0 N–H and O–H groups in total. The van der Waals surface area contributed by atoms with E-state index in [0.717, 1.165) is 43.6 Å². The minimum atomic E-state index is 0.847. The van der Waals surface area contributed by atoms with E-state index >= 15 is 0 Å². The summed E-state index contributed by atoms with van der Waals surface area (Å²) in [5.74, 6) is 2.01. The van der Waals surface area contributed by atoms with Gasteiger partial charge in [-0.25, -0.2) is 4.98 Å². The highest BCUT2D eigenvalue weighted by Crippen LogP contribution is 2.27. The fraction of sp³-hybridized carbons (Fsp3) is 0.435. The van der Waals surface area contributed by atoms with Gasteiger partial charge in [0, 0.05) is 26.2 Å². The summed E-state index contributed by atoms with van der Waals surface area (Å²) >= 11 is 0. The Kier molecular flexibility index (Phi) is 4.58. The van der Waals surface area contributed by atoms with Gasteiger partial charge in [-0.2, -0.15) is 0 Å². The van der Waals surface area contributed by atoms with E-state index < -0.39 is 0 Å². The molecule has 1 fully saturated rings. The van der Waals surface area contributed by atoms with Crippen LogP contribution in [-0.2, 0) is 13.0 Å².